The first kappa shape index (κ1) is 15.5. The van der Waals surface area contributed by atoms with Crippen molar-refractivity contribution in [2.45, 2.75) is 77.7 Å². The molecule has 1 aliphatic carbocycles. The van der Waals surface area contributed by atoms with Crippen molar-refractivity contribution in [2.24, 2.45) is 5.92 Å². The van der Waals surface area contributed by atoms with Crippen LogP contribution in [0.15, 0.2) is 4.52 Å². The molecule has 2 unspecified atom stereocenters. The topological polar surface area (TPSA) is 51.0 Å². The van der Waals surface area contributed by atoms with Crippen molar-refractivity contribution in [3.05, 3.63) is 11.7 Å². The third-order valence-corrected chi connectivity index (χ3v) is 4.17. The summed E-state index contributed by atoms with van der Waals surface area (Å²) in [6.45, 7) is 7.75. The van der Waals surface area contributed by atoms with E-state index in [9.17, 15) is 0 Å². The number of hydrogen-bond acceptors (Lipinski definition) is 4. The first-order chi connectivity index (χ1) is 9.70. The minimum absolute atomic E-state index is 0.413. The lowest BCUT2D eigenvalue weighted by molar-refractivity contribution is 0.262. The lowest BCUT2D eigenvalue weighted by atomic mass is 9.84. The Morgan fingerprint density at radius 1 is 1.30 bits per heavy atom. The molecule has 20 heavy (non-hydrogen) atoms. The van der Waals surface area contributed by atoms with Crippen LogP contribution < -0.4 is 5.32 Å². The Morgan fingerprint density at radius 2 is 2.10 bits per heavy atom. The fourth-order valence-electron chi connectivity index (χ4n) is 2.94. The van der Waals surface area contributed by atoms with Crippen LogP contribution in [0.1, 0.15) is 76.9 Å². The van der Waals surface area contributed by atoms with Crippen LogP contribution in [-0.2, 0) is 6.42 Å². The van der Waals surface area contributed by atoms with Crippen LogP contribution >= 0.6 is 0 Å². The van der Waals surface area contributed by atoms with Crippen molar-refractivity contribution < 1.29 is 4.52 Å². The van der Waals surface area contributed by atoms with Gasteiger partial charge in [0.2, 0.25) is 5.89 Å². The predicted molar refractivity (Wildman–Crippen MR) is 80.7 cm³/mol. The maximum atomic E-state index is 5.55. The molecule has 2 rings (SSSR count). The van der Waals surface area contributed by atoms with E-state index in [1.165, 1.54) is 32.1 Å². The summed E-state index contributed by atoms with van der Waals surface area (Å²) in [5.74, 6) is 2.84. The van der Waals surface area contributed by atoms with Gasteiger partial charge in [0.15, 0.2) is 5.82 Å². The standard InChI is InChI=1S/C16H29N3O/c1-4-11-17-14-8-6-5-7-13(14)16-18-15(19-20-16)10-9-12(2)3/h12-14,17H,4-11H2,1-3H3. The van der Waals surface area contributed by atoms with Gasteiger partial charge in [0.25, 0.3) is 0 Å². The van der Waals surface area contributed by atoms with Gasteiger partial charge in [-0.2, -0.15) is 4.98 Å². The number of aryl methyl sites for hydroxylation is 1. The van der Waals surface area contributed by atoms with Crippen molar-refractivity contribution in [1.29, 1.82) is 0 Å². The summed E-state index contributed by atoms with van der Waals surface area (Å²) in [6, 6.07) is 0.516. The molecule has 2 atom stereocenters. The van der Waals surface area contributed by atoms with Crippen molar-refractivity contribution in [3.8, 4) is 0 Å². The second kappa shape index (κ2) is 7.77. The second-order valence-corrected chi connectivity index (χ2v) is 6.43. The van der Waals surface area contributed by atoms with Gasteiger partial charge in [-0.15, -0.1) is 0 Å². The summed E-state index contributed by atoms with van der Waals surface area (Å²) >= 11 is 0. The highest BCUT2D eigenvalue weighted by atomic mass is 16.5. The lowest BCUT2D eigenvalue weighted by Gasteiger charge is -2.29. The number of aromatic nitrogens is 2. The van der Waals surface area contributed by atoms with Gasteiger partial charge >= 0.3 is 0 Å². The Morgan fingerprint density at radius 3 is 2.85 bits per heavy atom. The van der Waals surface area contributed by atoms with Crippen molar-refractivity contribution in [1.82, 2.24) is 15.5 Å². The zero-order chi connectivity index (χ0) is 14.4. The van der Waals surface area contributed by atoms with Crippen LogP contribution in [0.25, 0.3) is 0 Å². The van der Waals surface area contributed by atoms with E-state index in [0.29, 0.717) is 17.9 Å². The second-order valence-electron chi connectivity index (χ2n) is 6.43. The first-order valence-corrected chi connectivity index (χ1v) is 8.26. The van der Waals surface area contributed by atoms with Gasteiger partial charge in [0.05, 0.1) is 5.92 Å². The quantitative estimate of drug-likeness (QED) is 0.827. The Kier molecular flexibility index (Phi) is 6.02. The van der Waals surface area contributed by atoms with E-state index >= 15 is 0 Å². The summed E-state index contributed by atoms with van der Waals surface area (Å²) in [6.07, 6.45) is 8.22. The Hall–Kier alpha value is -0.900. The van der Waals surface area contributed by atoms with Gasteiger partial charge in [-0.05, 0) is 38.1 Å². The van der Waals surface area contributed by atoms with E-state index in [1.54, 1.807) is 0 Å². The third-order valence-electron chi connectivity index (χ3n) is 4.17. The molecule has 0 spiro atoms. The van der Waals surface area contributed by atoms with Crippen LogP contribution in [0.3, 0.4) is 0 Å². The van der Waals surface area contributed by atoms with Gasteiger partial charge in [0, 0.05) is 12.5 Å². The minimum Gasteiger partial charge on any atom is -0.339 e. The Balaban J connectivity index is 1.96. The van der Waals surface area contributed by atoms with E-state index in [0.717, 1.165) is 31.1 Å². The van der Waals surface area contributed by atoms with Gasteiger partial charge in [-0.1, -0.05) is 38.8 Å². The van der Waals surface area contributed by atoms with Crippen LogP contribution in [0.4, 0.5) is 0 Å². The molecule has 1 aromatic rings. The zero-order valence-electron chi connectivity index (χ0n) is 13.2. The third kappa shape index (κ3) is 4.30. The zero-order valence-corrected chi connectivity index (χ0v) is 13.2. The fraction of sp³-hybridized carbons (Fsp3) is 0.875. The van der Waals surface area contributed by atoms with Gasteiger partial charge < -0.3 is 9.84 Å². The molecule has 4 heteroatoms. The number of nitrogens with zero attached hydrogens (tertiary/aromatic N) is 2. The van der Waals surface area contributed by atoms with Gasteiger partial charge in [-0.25, -0.2) is 0 Å². The molecular weight excluding hydrogens is 250 g/mol. The van der Waals surface area contributed by atoms with E-state index in [2.05, 4.69) is 36.2 Å². The number of rotatable bonds is 7. The Labute approximate surface area is 122 Å². The van der Waals surface area contributed by atoms with Crippen molar-refractivity contribution in [2.75, 3.05) is 6.54 Å². The molecule has 0 amide bonds. The molecule has 1 saturated carbocycles. The molecule has 1 heterocycles. The molecule has 1 aliphatic rings. The SMILES string of the molecule is CCCNC1CCCCC1c1nc(CCC(C)C)no1. The minimum atomic E-state index is 0.413. The average Bonchev–Trinajstić information content (AvgIpc) is 2.92. The van der Waals surface area contributed by atoms with Crippen LogP contribution in [0.5, 0.6) is 0 Å². The molecule has 1 aromatic heterocycles. The molecule has 1 N–H and O–H groups in total. The highest BCUT2D eigenvalue weighted by molar-refractivity contribution is 5.01. The normalized spacial score (nSPS) is 23.4. The molecule has 1 fully saturated rings. The van der Waals surface area contributed by atoms with E-state index in [4.69, 9.17) is 4.52 Å². The highest BCUT2D eigenvalue weighted by Gasteiger charge is 2.30. The molecule has 0 aromatic carbocycles. The number of hydrogen-bond donors (Lipinski definition) is 1. The van der Waals surface area contributed by atoms with Crippen molar-refractivity contribution in [3.63, 3.8) is 0 Å². The monoisotopic (exact) mass is 279 g/mol. The molecule has 0 bridgehead atoms. The summed E-state index contributed by atoms with van der Waals surface area (Å²) in [5, 5.41) is 7.82. The fourth-order valence-corrected chi connectivity index (χ4v) is 2.94. The maximum absolute atomic E-state index is 5.55. The summed E-state index contributed by atoms with van der Waals surface area (Å²) in [7, 11) is 0. The molecule has 0 saturated heterocycles. The van der Waals surface area contributed by atoms with E-state index < -0.39 is 0 Å². The number of nitrogens with one attached hydrogen (secondary N) is 1. The highest BCUT2D eigenvalue weighted by Crippen LogP contribution is 2.32. The summed E-state index contributed by atoms with van der Waals surface area (Å²) in [5.41, 5.74) is 0. The molecule has 0 radical (unpaired) electrons. The lowest BCUT2D eigenvalue weighted by Crippen LogP contribution is -2.37. The molecular formula is C16H29N3O. The smallest absolute Gasteiger partial charge is 0.231 e. The summed E-state index contributed by atoms with van der Waals surface area (Å²) < 4.78 is 5.55. The molecule has 114 valence electrons. The van der Waals surface area contributed by atoms with Crippen LogP contribution in [0, 0.1) is 5.92 Å². The Bertz CT molecular complexity index is 389. The maximum Gasteiger partial charge on any atom is 0.231 e. The summed E-state index contributed by atoms with van der Waals surface area (Å²) in [4.78, 5) is 4.65. The van der Waals surface area contributed by atoms with Gasteiger partial charge in [-0.3, -0.25) is 0 Å². The van der Waals surface area contributed by atoms with Gasteiger partial charge in [0.1, 0.15) is 0 Å². The molecule has 0 aliphatic heterocycles. The van der Waals surface area contributed by atoms with Crippen LogP contribution in [-0.4, -0.2) is 22.7 Å². The first-order valence-electron chi connectivity index (χ1n) is 8.26. The average molecular weight is 279 g/mol. The van der Waals surface area contributed by atoms with Crippen LogP contribution in [0.2, 0.25) is 0 Å². The van der Waals surface area contributed by atoms with E-state index in [-0.39, 0.29) is 0 Å². The van der Waals surface area contributed by atoms with E-state index in [1.807, 2.05) is 0 Å². The predicted octanol–water partition coefficient (Wildman–Crippen LogP) is 3.68. The molecule has 4 nitrogen and oxygen atoms in total. The largest absolute Gasteiger partial charge is 0.339 e. The van der Waals surface area contributed by atoms with Crippen molar-refractivity contribution >= 4 is 0 Å².